The number of carbonyl (C=O) groups is 2. The third-order valence-corrected chi connectivity index (χ3v) is 6.72. The molecule has 8 nitrogen and oxygen atoms in total. The Kier molecular flexibility index (Phi) is 6.12. The molecular weight excluding hydrogens is 420 g/mol. The van der Waals surface area contributed by atoms with Gasteiger partial charge in [-0.15, -0.1) is 0 Å². The molecule has 4 rings (SSSR count). The van der Waals surface area contributed by atoms with Gasteiger partial charge in [0, 0.05) is 12.1 Å². The fraction of sp³-hybridized carbons (Fsp3) is 0.591. The van der Waals surface area contributed by atoms with Crippen molar-refractivity contribution in [1.29, 1.82) is 0 Å². The van der Waals surface area contributed by atoms with Crippen LogP contribution in [-0.2, 0) is 21.6 Å². The summed E-state index contributed by atoms with van der Waals surface area (Å²) in [6.07, 6.45) is 5.59. The minimum Gasteiger partial charge on any atom is -0.469 e. The molecule has 2 amide bonds. The van der Waals surface area contributed by atoms with Crippen molar-refractivity contribution in [1.82, 2.24) is 15.2 Å². The van der Waals surface area contributed by atoms with Crippen molar-refractivity contribution in [3.63, 3.8) is 0 Å². The highest BCUT2D eigenvalue weighted by Gasteiger charge is 2.44. The molecule has 0 saturated heterocycles. The lowest BCUT2D eigenvalue weighted by atomic mass is 9.74. The van der Waals surface area contributed by atoms with E-state index >= 15 is 0 Å². The maximum absolute atomic E-state index is 12.4. The number of amides is 2. The molecule has 1 fully saturated rings. The Balaban J connectivity index is 1.68. The standard InChI is InChI=1S/C22H29ClN4O4/c1-4-13(20(28)30-3)11-27(2)12-16-24-15-10-14(23)18-17(19(15)31-16)22(26-21(29)25-18)8-6-5-7-9-22/h10,13H,4-9,11-12H2,1-3H3,(H2,25,26,29)/t13-/m1/s1. The normalized spacial score (nSPS) is 18.5. The highest BCUT2D eigenvalue weighted by molar-refractivity contribution is 6.35. The second-order valence-electron chi connectivity index (χ2n) is 8.61. The largest absolute Gasteiger partial charge is 0.469 e. The minimum atomic E-state index is -0.486. The summed E-state index contributed by atoms with van der Waals surface area (Å²) in [7, 11) is 3.33. The average Bonchev–Trinajstić information content (AvgIpc) is 3.13. The van der Waals surface area contributed by atoms with Crippen LogP contribution in [0, 0.1) is 5.92 Å². The van der Waals surface area contributed by atoms with Crippen LogP contribution in [0.25, 0.3) is 11.1 Å². The minimum absolute atomic E-state index is 0.202. The maximum Gasteiger partial charge on any atom is 0.319 e. The highest BCUT2D eigenvalue weighted by atomic mass is 35.5. The third kappa shape index (κ3) is 4.11. The number of nitrogens with one attached hydrogen (secondary N) is 2. The zero-order valence-corrected chi connectivity index (χ0v) is 19.0. The number of esters is 1. The van der Waals surface area contributed by atoms with Gasteiger partial charge >= 0.3 is 12.0 Å². The van der Waals surface area contributed by atoms with Crippen LogP contribution in [0.4, 0.5) is 10.5 Å². The molecule has 1 atom stereocenters. The van der Waals surface area contributed by atoms with Gasteiger partial charge in [0.2, 0.25) is 5.89 Å². The molecule has 168 valence electrons. The number of aromatic nitrogens is 1. The summed E-state index contributed by atoms with van der Waals surface area (Å²) in [5.74, 6) is 0.130. The molecule has 9 heteroatoms. The molecule has 0 radical (unpaired) electrons. The van der Waals surface area contributed by atoms with Crippen LogP contribution in [0.1, 0.15) is 56.9 Å². The smallest absolute Gasteiger partial charge is 0.319 e. The predicted octanol–water partition coefficient (Wildman–Crippen LogP) is 4.41. The van der Waals surface area contributed by atoms with E-state index in [2.05, 4.69) is 15.6 Å². The lowest BCUT2D eigenvalue weighted by Crippen LogP contribution is -2.52. The van der Waals surface area contributed by atoms with Gasteiger partial charge in [0.25, 0.3) is 0 Å². The van der Waals surface area contributed by atoms with Crippen molar-refractivity contribution in [3.8, 4) is 0 Å². The Labute approximate surface area is 186 Å². The quantitative estimate of drug-likeness (QED) is 0.635. The number of methoxy groups -OCH3 is 1. The van der Waals surface area contributed by atoms with E-state index in [1.807, 2.05) is 18.9 Å². The Morgan fingerprint density at radius 3 is 2.81 bits per heavy atom. The van der Waals surface area contributed by atoms with Crippen molar-refractivity contribution < 1.29 is 18.7 Å². The summed E-state index contributed by atoms with van der Waals surface area (Å²) < 4.78 is 11.1. The molecule has 1 spiro atoms. The number of oxazole rings is 1. The van der Waals surface area contributed by atoms with Gasteiger partial charge in [-0.05, 0) is 32.4 Å². The van der Waals surface area contributed by atoms with Gasteiger partial charge in [0.1, 0.15) is 5.52 Å². The van der Waals surface area contributed by atoms with Crippen molar-refractivity contribution >= 4 is 40.4 Å². The number of urea groups is 1. The van der Waals surface area contributed by atoms with Gasteiger partial charge < -0.3 is 19.8 Å². The van der Waals surface area contributed by atoms with Gasteiger partial charge in [0.05, 0.1) is 35.8 Å². The summed E-state index contributed by atoms with van der Waals surface area (Å²) in [6, 6.07) is 1.51. The lowest BCUT2D eigenvalue weighted by Gasteiger charge is -2.42. The molecule has 1 aliphatic carbocycles. The summed E-state index contributed by atoms with van der Waals surface area (Å²) >= 11 is 6.56. The molecule has 1 aromatic carbocycles. The van der Waals surface area contributed by atoms with Crippen LogP contribution >= 0.6 is 11.6 Å². The topological polar surface area (TPSA) is 96.7 Å². The number of ether oxygens (including phenoxy) is 1. The molecule has 31 heavy (non-hydrogen) atoms. The fourth-order valence-corrected chi connectivity index (χ4v) is 5.14. The maximum atomic E-state index is 12.4. The number of hydrogen-bond acceptors (Lipinski definition) is 6. The number of rotatable bonds is 6. The number of hydrogen-bond donors (Lipinski definition) is 2. The van der Waals surface area contributed by atoms with Crippen molar-refractivity contribution in [2.75, 3.05) is 26.0 Å². The summed E-state index contributed by atoms with van der Waals surface area (Å²) in [4.78, 5) is 31.0. The first kappa shape index (κ1) is 21.9. The Hall–Kier alpha value is -2.32. The SMILES string of the molecule is CC[C@H](CN(C)Cc1nc2cc(Cl)c3c(c2o1)C1(CCCCC1)NC(=O)N3)C(=O)OC. The molecule has 1 saturated carbocycles. The molecule has 2 N–H and O–H groups in total. The average molecular weight is 449 g/mol. The van der Waals surface area contributed by atoms with E-state index in [9.17, 15) is 9.59 Å². The second kappa shape index (κ2) is 8.67. The first-order chi connectivity index (χ1) is 14.9. The van der Waals surface area contributed by atoms with E-state index in [0.29, 0.717) is 47.2 Å². The zero-order chi connectivity index (χ0) is 22.2. The molecule has 2 aromatic rings. The van der Waals surface area contributed by atoms with E-state index in [1.54, 1.807) is 6.07 Å². The number of carbonyl (C=O) groups excluding carboxylic acids is 2. The zero-order valence-electron chi connectivity index (χ0n) is 18.2. The molecule has 0 unspecified atom stereocenters. The van der Waals surface area contributed by atoms with Crippen molar-refractivity contribution in [3.05, 3.63) is 22.5 Å². The van der Waals surface area contributed by atoms with E-state index in [0.717, 1.165) is 37.7 Å². The van der Waals surface area contributed by atoms with E-state index in [1.165, 1.54) is 7.11 Å². The number of nitrogens with zero attached hydrogens (tertiary/aromatic N) is 2. The Morgan fingerprint density at radius 1 is 1.39 bits per heavy atom. The first-order valence-electron chi connectivity index (χ1n) is 10.8. The van der Waals surface area contributed by atoms with Gasteiger partial charge in [-0.3, -0.25) is 9.69 Å². The Bertz CT molecular complexity index is 999. The van der Waals surface area contributed by atoms with Gasteiger partial charge in [-0.25, -0.2) is 9.78 Å². The number of anilines is 1. The van der Waals surface area contributed by atoms with Crippen molar-refractivity contribution in [2.24, 2.45) is 5.92 Å². The highest BCUT2D eigenvalue weighted by Crippen LogP contribution is 2.48. The van der Waals surface area contributed by atoms with E-state index in [-0.39, 0.29) is 17.9 Å². The van der Waals surface area contributed by atoms with Gasteiger partial charge in [-0.2, -0.15) is 0 Å². The monoisotopic (exact) mass is 448 g/mol. The second-order valence-corrected chi connectivity index (χ2v) is 9.02. The summed E-state index contributed by atoms with van der Waals surface area (Å²) in [5.41, 5.74) is 2.37. The van der Waals surface area contributed by atoms with Gasteiger partial charge in [-0.1, -0.05) is 37.8 Å². The molecule has 2 aliphatic rings. The van der Waals surface area contributed by atoms with E-state index in [4.69, 9.17) is 20.8 Å². The van der Waals surface area contributed by atoms with Crippen LogP contribution < -0.4 is 10.6 Å². The molecule has 1 aromatic heterocycles. The molecular formula is C22H29ClN4O4. The molecule has 0 bridgehead atoms. The summed E-state index contributed by atoms with van der Waals surface area (Å²) in [6.45, 7) is 2.96. The van der Waals surface area contributed by atoms with Crippen LogP contribution in [0.15, 0.2) is 10.5 Å². The van der Waals surface area contributed by atoms with Crippen LogP contribution in [0.3, 0.4) is 0 Å². The predicted molar refractivity (Wildman–Crippen MR) is 118 cm³/mol. The number of halogens is 1. The Morgan fingerprint density at radius 2 is 2.13 bits per heavy atom. The van der Waals surface area contributed by atoms with Crippen molar-refractivity contribution in [2.45, 2.75) is 57.5 Å². The fourth-order valence-electron chi connectivity index (χ4n) is 4.89. The van der Waals surface area contributed by atoms with Crippen LogP contribution in [-0.4, -0.2) is 42.6 Å². The van der Waals surface area contributed by atoms with Crippen LogP contribution in [0.5, 0.6) is 0 Å². The van der Waals surface area contributed by atoms with Gasteiger partial charge in [0.15, 0.2) is 5.58 Å². The number of benzene rings is 1. The first-order valence-corrected chi connectivity index (χ1v) is 11.2. The summed E-state index contributed by atoms with van der Waals surface area (Å²) in [5, 5.41) is 6.48. The number of fused-ring (bicyclic) bond motifs is 4. The lowest BCUT2D eigenvalue weighted by molar-refractivity contribution is -0.146. The molecule has 2 heterocycles. The third-order valence-electron chi connectivity index (χ3n) is 6.42. The van der Waals surface area contributed by atoms with Crippen LogP contribution in [0.2, 0.25) is 5.02 Å². The molecule has 1 aliphatic heterocycles. The van der Waals surface area contributed by atoms with E-state index < -0.39 is 5.54 Å².